The molecule has 0 bridgehead atoms. The van der Waals surface area contributed by atoms with Gasteiger partial charge in [-0.15, -0.1) is 11.3 Å². The van der Waals surface area contributed by atoms with Crippen LogP contribution in [0.25, 0.3) is 5.76 Å². The number of ketones is 1. The topological polar surface area (TPSA) is 66.8 Å². The van der Waals surface area contributed by atoms with Crippen molar-refractivity contribution in [3.63, 3.8) is 0 Å². The molecular formula is C25H22ClNO4S. The summed E-state index contributed by atoms with van der Waals surface area (Å²) < 4.78 is 5.25. The van der Waals surface area contributed by atoms with Gasteiger partial charge in [-0.2, -0.15) is 0 Å². The average Bonchev–Trinajstić information content (AvgIpc) is 3.33. The Kier molecular flexibility index (Phi) is 6.35. The summed E-state index contributed by atoms with van der Waals surface area (Å²) in [5, 5.41) is 13.7. The zero-order chi connectivity index (χ0) is 22.8. The highest BCUT2D eigenvalue weighted by atomic mass is 35.5. The molecule has 4 rings (SSSR count). The summed E-state index contributed by atoms with van der Waals surface area (Å²) in [7, 11) is 1.53. The number of likely N-dealkylation sites (tertiary alicyclic amines) is 1. The van der Waals surface area contributed by atoms with Gasteiger partial charge < -0.3 is 14.7 Å². The summed E-state index contributed by atoms with van der Waals surface area (Å²) in [6.45, 7) is 2.28. The maximum absolute atomic E-state index is 13.1. The summed E-state index contributed by atoms with van der Waals surface area (Å²) in [6, 6.07) is 15.5. The lowest BCUT2D eigenvalue weighted by atomic mass is 9.98. The van der Waals surface area contributed by atoms with E-state index in [2.05, 4.69) is 0 Å². The van der Waals surface area contributed by atoms with Crippen LogP contribution in [0.3, 0.4) is 0 Å². The molecule has 2 heterocycles. The largest absolute Gasteiger partial charge is 0.507 e. The molecule has 1 aromatic heterocycles. The van der Waals surface area contributed by atoms with E-state index in [-0.39, 0.29) is 11.3 Å². The van der Waals surface area contributed by atoms with Crippen LogP contribution >= 0.6 is 22.9 Å². The molecule has 1 unspecified atom stereocenters. The van der Waals surface area contributed by atoms with Crippen molar-refractivity contribution in [2.24, 2.45) is 0 Å². The summed E-state index contributed by atoms with van der Waals surface area (Å²) in [5.74, 6) is -0.940. The Hall–Kier alpha value is -3.09. The predicted octanol–water partition coefficient (Wildman–Crippen LogP) is 5.38. The van der Waals surface area contributed by atoms with Gasteiger partial charge in [-0.3, -0.25) is 9.59 Å². The van der Waals surface area contributed by atoms with Crippen molar-refractivity contribution >= 4 is 40.4 Å². The second-order valence-corrected chi connectivity index (χ2v) is 8.95. The minimum absolute atomic E-state index is 0.102. The van der Waals surface area contributed by atoms with Crippen LogP contribution in [0.5, 0.6) is 5.75 Å². The minimum atomic E-state index is -0.681. The van der Waals surface area contributed by atoms with Crippen LogP contribution in [0.15, 0.2) is 65.6 Å². The van der Waals surface area contributed by atoms with Crippen LogP contribution < -0.4 is 4.74 Å². The molecule has 0 saturated carbocycles. The number of methoxy groups -OCH3 is 1. The summed E-state index contributed by atoms with van der Waals surface area (Å²) in [6.07, 6.45) is 0.560. The van der Waals surface area contributed by atoms with Gasteiger partial charge >= 0.3 is 0 Å². The fourth-order valence-corrected chi connectivity index (χ4v) is 5.05. The first kappa shape index (κ1) is 22.1. The third kappa shape index (κ3) is 4.16. The third-order valence-electron chi connectivity index (χ3n) is 5.59. The van der Waals surface area contributed by atoms with Crippen LogP contribution in [0.1, 0.15) is 27.6 Å². The number of benzene rings is 2. The molecule has 164 valence electrons. The zero-order valence-electron chi connectivity index (χ0n) is 17.7. The quantitative estimate of drug-likeness (QED) is 0.300. The molecule has 7 heteroatoms. The number of hydrogen-bond donors (Lipinski definition) is 1. The molecule has 1 saturated heterocycles. The standard InChI is InChI=1S/C25H22ClNO4S/c1-15-11-13-32-24(15)21-20(22(28)17-4-3-5-19(14-17)31-2)23(29)25(30)27(21)12-10-16-6-8-18(26)9-7-16/h3-9,11,13-14,21,28H,10,12H2,1-2H3/b22-20-. The molecular weight excluding hydrogens is 446 g/mol. The highest BCUT2D eigenvalue weighted by Gasteiger charge is 2.46. The Labute approximate surface area is 195 Å². The van der Waals surface area contributed by atoms with E-state index < -0.39 is 17.7 Å². The average molecular weight is 468 g/mol. The van der Waals surface area contributed by atoms with Crippen molar-refractivity contribution < 1.29 is 19.4 Å². The monoisotopic (exact) mass is 467 g/mol. The Morgan fingerprint density at radius 1 is 1.16 bits per heavy atom. The van der Waals surface area contributed by atoms with Crippen molar-refractivity contribution in [3.05, 3.63) is 92.1 Å². The smallest absolute Gasteiger partial charge is 0.295 e. The number of ether oxygens (including phenoxy) is 1. The molecule has 1 aliphatic rings. The van der Waals surface area contributed by atoms with Gasteiger partial charge in [0, 0.05) is 22.0 Å². The van der Waals surface area contributed by atoms with Crippen molar-refractivity contribution in [2.75, 3.05) is 13.7 Å². The first-order valence-electron chi connectivity index (χ1n) is 10.1. The van der Waals surface area contributed by atoms with E-state index in [1.54, 1.807) is 41.3 Å². The summed E-state index contributed by atoms with van der Waals surface area (Å²) >= 11 is 7.44. The molecule has 5 nitrogen and oxygen atoms in total. The highest BCUT2D eigenvalue weighted by Crippen LogP contribution is 2.42. The summed E-state index contributed by atoms with van der Waals surface area (Å²) in [4.78, 5) is 28.6. The Bertz CT molecular complexity index is 1200. The number of nitrogens with zero attached hydrogens (tertiary/aromatic N) is 1. The van der Waals surface area contributed by atoms with Crippen LogP contribution in [0.2, 0.25) is 5.02 Å². The molecule has 0 spiro atoms. The van der Waals surface area contributed by atoms with Crippen molar-refractivity contribution in [3.8, 4) is 5.75 Å². The lowest BCUT2D eigenvalue weighted by Crippen LogP contribution is -2.31. The van der Waals surface area contributed by atoms with Gasteiger partial charge in [0.2, 0.25) is 0 Å². The predicted molar refractivity (Wildman–Crippen MR) is 126 cm³/mol. The number of rotatable bonds is 6. The van der Waals surface area contributed by atoms with Crippen molar-refractivity contribution in [1.29, 1.82) is 0 Å². The maximum Gasteiger partial charge on any atom is 0.295 e. The fourth-order valence-electron chi connectivity index (χ4n) is 3.87. The molecule has 1 fully saturated rings. The lowest BCUT2D eigenvalue weighted by Gasteiger charge is -2.25. The minimum Gasteiger partial charge on any atom is -0.507 e. The number of aryl methyl sites for hydroxylation is 1. The van der Waals surface area contributed by atoms with E-state index in [0.717, 1.165) is 16.0 Å². The Morgan fingerprint density at radius 2 is 1.91 bits per heavy atom. The van der Waals surface area contributed by atoms with Gasteiger partial charge in [0.15, 0.2) is 0 Å². The summed E-state index contributed by atoms with van der Waals surface area (Å²) in [5.41, 5.74) is 2.50. The van der Waals surface area contributed by atoms with E-state index in [4.69, 9.17) is 16.3 Å². The van der Waals surface area contributed by atoms with E-state index in [9.17, 15) is 14.7 Å². The number of amides is 1. The SMILES string of the molecule is COc1cccc(/C(O)=C2/C(=O)C(=O)N(CCc3ccc(Cl)cc3)C2c2sccc2C)c1. The fraction of sp³-hybridized carbons (Fsp3) is 0.200. The van der Waals surface area contributed by atoms with Gasteiger partial charge in [0.05, 0.1) is 18.7 Å². The second kappa shape index (κ2) is 9.18. The number of thiophene rings is 1. The Balaban J connectivity index is 1.77. The van der Waals surface area contributed by atoms with Gasteiger partial charge in [0.1, 0.15) is 11.5 Å². The molecule has 1 aliphatic heterocycles. The molecule has 2 aromatic carbocycles. The van der Waals surface area contributed by atoms with E-state index in [0.29, 0.717) is 29.3 Å². The lowest BCUT2D eigenvalue weighted by molar-refractivity contribution is -0.139. The third-order valence-corrected chi connectivity index (χ3v) is 6.91. The number of aliphatic hydroxyl groups excluding tert-OH is 1. The molecule has 0 aliphatic carbocycles. The molecule has 32 heavy (non-hydrogen) atoms. The normalized spacial score (nSPS) is 17.7. The van der Waals surface area contributed by atoms with Crippen LogP contribution in [0, 0.1) is 6.92 Å². The maximum atomic E-state index is 13.1. The van der Waals surface area contributed by atoms with Crippen LogP contribution in [-0.4, -0.2) is 35.4 Å². The molecule has 0 radical (unpaired) electrons. The van der Waals surface area contributed by atoms with Crippen molar-refractivity contribution in [2.45, 2.75) is 19.4 Å². The Morgan fingerprint density at radius 3 is 2.56 bits per heavy atom. The number of carbonyl (C=O) groups excluding carboxylic acids is 2. The van der Waals surface area contributed by atoms with Gasteiger partial charge in [-0.1, -0.05) is 35.9 Å². The van der Waals surface area contributed by atoms with E-state index >= 15 is 0 Å². The molecule has 3 aromatic rings. The molecule has 1 N–H and O–H groups in total. The highest BCUT2D eigenvalue weighted by molar-refractivity contribution is 7.10. The van der Waals surface area contributed by atoms with Gasteiger partial charge in [0.25, 0.3) is 11.7 Å². The van der Waals surface area contributed by atoms with Crippen molar-refractivity contribution in [1.82, 2.24) is 4.90 Å². The first-order chi connectivity index (χ1) is 15.4. The number of halogens is 1. The van der Waals surface area contributed by atoms with Crippen LogP contribution in [-0.2, 0) is 16.0 Å². The number of aliphatic hydroxyl groups is 1. The number of hydrogen-bond acceptors (Lipinski definition) is 5. The van der Waals surface area contributed by atoms with Gasteiger partial charge in [-0.05, 0) is 60.2 Å². The number of Topliss-reactive ketones (excluding diaryl/α,β-unsaturated/α-hetero) is 1. The molecule has 1 atom stereocenters. The van der Waals surface area contributed by atoms with Gasteiger partial charge in [-0.25, -0.2) is 0 Å². The van der Waals surface area contributed by atoms with E-state index in [1.165, 1.54) is 18.4 Å². The first-order valence-corrected chi connectivity index (χ1v) is 11.4. The number of carbonyl (C=O) groups is 2. The zero-order valence-corrected chi connectivity index (χ0v) is 19.2. The molecule has 1 amide bonds. The van der Waals surface area contributed by atoms with E-state index in [1.807, 2.05) is 30.5 Å². The van der Waals surface area contributed by atoms with Crippen LogP contribution in [0.4, 0.5) is 0 Å². The second-order valence-electron chi connectivity index (χ2n) is 7.57.